The van der Waals surface area contributed by atoms with Crippen molar-refractivity contribution < 1.29 is 9.59 Å². The molecule has 1 aromatic rings. The molecule has 138 valence electrons. The van der Waals surface area contributed by atoms with Crippen molar-refractivity contribution in [3.8, 4) is 0 Å². The van der Waals surface area contributed by atoms with Gasteiger partial charge >= 0.3 is 0 Å². The first-order valence-corrected chi connectivity index (χ1v) is 9.71. The largest absolute Gasteiger partial charge is 0.341 e. The van der Waals surface area contributed by atoms with Crippen LogP contribution in [0.1, 0.15) is 51.5 Å². The van der Waals surface area contributed by atoms with Gasteiger partial charge in [0.15, 0.2) is 0 Å². The summed E-state index contributed by atoms with van der Waals surface area (Å²) in [5, 5.41) is 4.05. The Morgan fingerprint density at radius 2 is 1.76 bits per heavy atom. The highest BCUT2D eigenvalue weighted by atomic mass is 35.5. The lowest BCUT2D eigenvalue weighted by Gasteiger charge is -2.40. The van der Waals surface area contributed by atoms with E-state index in [2.05, 4.69) is 5.32 Å². The highest BCUT2D eigenvalue weighted by Gasteiger charge is 2.42. The fourth-order valence-electron chi connectivity index (χ4n) is 3.51. The molecule has 0 bridgehead atoms. The summed E-state index contributed by atoms with van der Waals surface area (Å²) in [4.78, 5) is 27.5. The van der Waals surface area contributed by atoms with Crippen molar-refractivity contribution in [2.24, 2.45) is 0 Å². The van der Waals surface area contributed by atoms with Gasteiger partial charge in [-0.3, -0.25) is 9.59 Å². The molecule has 0 aliphatic heterocycles. The molecule has 1 aromatic carbocycles. The molecule has 1 fully saturated rings. The lowest BCUT2D eigenvalue weighted by molar-refractivity contribution is -0.143. The molecule has 4 nitrogen and oxygen atoms in total. The van der Waals surface area contributed by atoms with Crippen LogP contribution in [0.25, 0.3) is 0 Å². The molecule has 0 atom stereocenters. The second-order valence-electron chi connectivity index (χ2n) is 6.58. The second-order valence-corrected chi connectivity index (χ2v) is 7.42. The van der Waals surface area contributed by atoms with Gasteiger partial charge in [-0.15, -0.1) is 0 Å². The van der Waals surface area contributed by atoms with Crippen molar-refractivity contribution in [2.45, 2.75) is 57.9 Å². The first kappa shape index (κ1) is 20.1. The van der Waals surface area contributed by atoms with Gasteiger partial charge in [0.1, 0.15) is 5.54 Å². The molecule has 0 aromatic heterocycles. The van der Waals surface area contributed by atoms with Gasteiger partial charge in [-0.05, 0) is 44.4 Å². The Bertz CT molecular complexity index is 624. The highest BCUT2D eigenvalue weighted by Crippen LogP contribution is 2.30. The van der Waals surface area contributed by atoms with E-state index < -0.39 is 5.54 Å². The van der Waals surface area contributed by atoms with E-state index in [0.717, 1.165) is 19.3 Å². The number of likely N-dealkylation sites (N-methyl/N-ethyl adjacent to an activating group) is 1. The van der Waals surface area contributed by atoms with Crippen LogP contribution >= 0.6 is 23.2 Å². The Balaban J connectivity index is 2.16. The summed E-state index contributed by atoms with van der Waals surface area (Å²) in [5.41, 5.74) is -0.0647. The number of carbonyl (C=O) groups is 2. The minimum Gasteiger partial charge on any atom is -0.341 e. The summed E-state index contributed by atoms with van der Waals surface area (Å²) in [6.45, 7) is 5.23. The van der Waals surface area contributed by atoms with Crippen molar-refractivity contribution in [3.05, 3.63) is 33.8 Å². The third kappa shape index (κ3) is 4.89. The van der Waals surface area contributed by atoms with Crippen LogP contribution < -0.4 is 5.32 Å². The second kappa shape index (κ2) is 8.91. The predicted molar refractivity (Wildman–Crippen MR) is 102 cm³/mol. The Morgan fingerprint density at radius 1 is 1.12 bits per heavy atom. The number of amides is 2. The molecule has 0 heterocycles. The van der Waals surface area contributed by atoms with E-state index in [1.807, 2.05) is 13.8 Å². The Kier molecular flexibility index (Phi) is 7.14. The van der Waals surface area contributed by atoms with E-state index in [9.17, 15) is 9.59 Å². The molecule has 0 saturated heterocycles. The standard InChI is InChI=1S/C19H26Cl2N2O2/c1-3-23(4-2)18(25)19(10-6-5-7-11-19)22-17(24)12-14-8-9-15(20)13-16(14)21/h8-9,13H,3-7,10-12H2,1-2H3,(H,22,24). The van der Waals surface area contributed by atoms with Gasteiger partial charge in [-0.25, -0.2) is 0 Å². The van der Waals surface area contributed by atoms with Crippen LogP contribution in [0.4, 0.5) is 0 Å². The molecular formula is C19H26Cl2N2O2. The average molecular weight is 385 g/mol. The number of hydrogen-bond donors (Lipinski definition) is 1. The van der Waals surface area contributed by atoms with Crippen LogP contribution in [0.3, 0.4) is 0 Å². The minimum absolute atomic E-state index is 0.0350. The van der Waals surface area contributed by atoms with Gasteiger partial charge in [0, 0.05) is 23.1 Å². The highest BCUT2D eigenvalue weighted by molar-refractivity contribution is 6.35. The molecular weight excluding hydrogens is 359 g/mol. The van der Waals surface area contributed by atoms with Crippen molar-refractivity contribution in [3.63, 3.8) is 0 Å². The number of nitrogens with zero attached hydrogens (tertiary/aromatic N) is 1. The number of hydrogen-bond acceptors (Lipinski definition) is 2. The van der Waals surface area contributed by atoms with Gasteiger partial charge in [0.2, 0.25) is 11.8 Å². The predicted octanol–water partition coefficient (Wildman–Crippen LogP) is 4.22. The van der Waals surface area contributed by atoms with Crippen molar-refractivity contribution in [1.82, 2.24) is 10.2 Å². The molecule has 1 aliphatic rings. The molecule has 1 saturated carbocycles. The maximum absolute atomic E-state index is 13.0. The van der Waals surface area contributed by atoms with Crippen LogP contribution in [0, 0.1) is 0 Å². The normalized spacial score (nSPS) is 16.3. The fraction of sp³-hybridized carbons (Fsp3) is 0.579. The molecule has 0 spiro atoms. The third-order valence-corrected chi connectivity index (χ3v) is 5.50. The topological polar surface area (TPSA) is 49.4 Å². The van der Waals surface area contributed by atoms with E-state index in [1.54, 1.807) is 23.1 Å². The number of rotatable bonds is 6. The summed E-state index contributed by atoms with van der Waals surface area (Å²) in [5.74, 6) is -0.139. The van der Waals surface area contributed by atoms with Crippen LogP contribution in [0.15, 0.2) is 18.2 Å². The molecule has 2 rings (SSSR count). The van der Waals surface area contributed by atoms with E-state index in [-0.39, 0.29) is 18.2 Å². The minimum atomic E-state index is -0.778. The molecule has 0 unspecified atom stereocenters. The van der Waals surface area contributed by atoms with Gasteiger partial charge in [-0.2, -0.15) is 0 Å². The number of nitrogens with one attached hydrogen (secondary N) is 1. The number of carbonyl (C=O) groups excluding carboxylic acids is 2. The summed E-state index contributed by atoms with van der Waals surface area (Å²) in [6.07, 6.45) is 4.55. The maximum atomic E-state index is 13.0. The average Bonchev–Trinajstić information content (AvgIpc) is 2.59. The monoisotopic (exact) mass is 384 g/mol. The van der Waals surface area contributed by atoms with E-state index in [4.69, 9.17) is 23.2 Å². The quantitative estimate of drug-likeness (QED) is 0.797. The fourth-order valence-corrected chi connectivity index (χ4v) is 3.99. The first-order valence-electron chi connectivity index (χ1n) is 8.96. The third-order valence-electron chi connectivity index (χ3n) is 4.91. The van der Waals surface area contributed by atoms with Crippen LogP contribution in [-0.4, -0.2) is 35.3 Å². The first-order chi connectivity index (χ1) is 11.9. The molecule has 0 radical (unpaired) electrons. The van der Waals surface area contributed by atoms with Gasteiger partial charge < -0.3 is 10.2 Å². The zero-order valence-electron chi connectivity index (χ0n) is 14.9. The lowest BCUT2D eigenvalue weighted by atomic mass is 9.80. The van der Waals surface area contributed by atoms with E-state index >= 15 is 0 Å². The molecule has 1 N–H and O–H groups in total. The molecule has 25 heavy (non-hydrogen) atoms. The maximum Gasteiger partial charge on any atom is 0.248 e. The van der Waals surface area contributed by atoms with Crippen LogP contribution in [0.2, 0.25) is 10.0 Å². The molecule has 6 heteroatoms. The van der Waals surface area contributed by atoms with Crippen molar-refractivity contribution in [1.29, 1.82) is 0 Å². The summed E-state index contributed by atoms with van der Waals surface area (Å²) < 4.78 is 0. The van der Waals surface area contributed by atoms with Gasteiger partial charge in [-0.1, -0.05) is 48.5 Å². The van der Waals surface area contributed by atoms with Gasteiger partial charge in [0.25, 0.3) is 0 Å². The Hall–Kier alpha value is -1.26. The summed E-state index contributed by atoms with van der Waals surface area (Å²) in [6, 6.07) is 5.10. The van der Waals surface area contributed by atoms with Crippen LogP contribution in [-0.2, 0) is 16.0 Å². The zero-order valence-corrected chi connectivity index (χ0v) is 16.4. The van der Waals surface area contributed by atoms with E-state index in [0.29, 0.717) is 41.5 Å². The van der Waals surface area contributed by atoms with Crippen molar-refractivity contribution in [2.75, 3.05) is 13.1 Å². The van der Waals surface area contributed by atoms with Gasteiger partial charge in [0.05, 0.1) is 6.42 Å². The smallest absolute Gasteiger partial charge is 0.248 e. The summed E-state index contributed by atoms with van der Waals surface area (Å²) in [7, 11) is 0. The van der Waals surface area contributed by atoms with Crippen LogP contribution in [0.5, 0.6) is 0 Å². The summed E-state index contributed by atoms with van der Waals surface area (Å²) >= 11 is 12.1. The molecule has 1 aliphatic carbocycles. The van der Waals surface area contributed by atoms with E-state index in [1.165, 1.54) is 0 Å². The zero-order chi connectivity index (χ0) is 18.4. The Labute approximate surface area is 159 Å². The lowest BCUT2D eigenvalue weighted by Crippen LogP contribution is -2.60. The number of halogens is 2. The Morgan fingerprint density at radius 3 is 2.32 bits per heavy atom. The van der Waals surface area contributed by atoms with Crippen molar-refractivity contribution >= 4 is 35.0 Å². The molecule has 2 amide bonds. The number of benzene rings is 1. The SMILES string of the molecule is CCN(CC)C(=O)C1(NC(=O)Cc2ccc(Cl)cc2Cl)CCCCC1.